The summed E-state index contributed by atoms with van der Waals surface area (Å²) in [6.45, 7) is 2.91. The first-order valence-corrected chi connectivity index (χ1v) is 9.84. The van der Waals surface area contributed by atoms with Crippen LogP contribution in [0.4, 0.5) is 5.69 Å². The zero-order chi connectivity index (χ0) is 20.0. The van der Waals surface area contributed by atoms with Crippen molar-refractivity contribution in [2.24, 2.45) is 0 Å². The minimum atomic E-state index is -0.582. The lowest BCUT2D eigenvalue weighted by atomic mass is 10.0. The van der Waals surface area contributed by atoms with E-state index in [4.69, 9.17) is 0 Å². The molecule has 0 aliphatic carbocycles. The molecule has 3 aliphatic heterocycles. The van der Waals surface area contributed by atoms with Crippen LogP contribution in [0, 0.1) is 0 Å². The molecule has 0 bridgehead atoms. The zero-order valence-electron chi connectivity index (χ0n) is 15.9. The third kappa shape index (κ3) is 3.27. The summed E-state index contributed by atoms with van der Waals surface area (Å²) in [6.07, 6.45) is 4.46. The fourth-order valence-corrected chi connectivity index (χ4v) is 4.03. The van der Waals surface area contributed by atoms with Gasteiger partial charge in [0, 0.05) is 44.4 Å². The smallest absolute Gasteiger partial charge is 0.255 e. The molecule has 0 saturated carbocycles. The van der Waals surface area contributed by atoms with Crippen LogP contribution in [-0.2, 0) is 22.7 Å². The number of nitrogens with zero attached hydrogens (tertiary/aromatic N) is 3. The van der Waals surface area contributed by atoms with Gasteiger partial charge in [-0.15, -0.1) is 0 Å². The maximum Gasteiger partial charge on any atom is 0.255 e. The van der Waals surface area contributed by atoms with E-state index in [-0.39, 0.29) is 24.1 Å². The lowest BCUT2D eigenvalue weighted by Crippen LogP contribution is -2.52. The van der Waals surface area contributed by atoms with Gasteiger partial charge in [-0.2, -0.15) is 5.10 Å². The van der Waals surface area contributed by atoms with Crippen molar-refractivity contribution < 1.29 is 14.4 Å². The van der Waals surface area contributed by atoms with Crippen molar-refractivity contribution in [1.82, 2.24) is 25.3 Å². The topological polar surface area (TPSA) is 108 Å². The Morgan fingerprint density at radius 3 is 2.83 bits per heavy atom. The van der Waals surface area contributed by atoms with E-state index >= 15 is 0 Å². The van der Waals surface area contributed by atoms with Gasteiger partial charge in [-0.3, -0.25) is 24.4 Å². The molecule has 2 saturated heterocycles. The van der Waals surface area contributed by atoms with E-state index < -0.39 is 6.04 Å². The van der Waals surface area contributed by atoms with E-state index in [0.29, 0.717) is 31.1 Å². The second kappa shape index (κ2) is 7.00. The monoisotopic (exact) mass is 394 g/mol. The SMILES string of the molecule is O=C1CCC(N2Cc3cc(CNc4cnn(C5CNC5)c4)ccc3C2=O)C(=O)N1. The molecule has 2 aromatic rings. The number of rotatable bonds is 5. The molecular formula is C20H22N6O3. The van der Waals surface area contributed by atoms with Gasteiger partial charge in [-0.1, -0.05) is 12.1 Å². The number of hydrogen-bond acceptors (Lipinski definition) is 6. The van der Waals surface area contributed by atoms with E-state index in [1.165, 1.54) is 0 Å². The largest absolute Gasteiger partial charge is 0.378 e. The molecular weight excluding hydrogens is 372 g/mol. The van der Waals surface area contributed by atoms with Crippen molar-refractivity contribution in [2.45, 2.75) is 38.0 Å². The van der Waals surface area contributed by atoms with E-state index in [0.717, 1.165) is 29.9 Å². The molecule has 1 aromatic carbocycles. The molecule has 150 valence electrons. The molecule has 29 heavy (non-hydrogen) atoms. The molecule has 4 heterocycles. The fraction of sp³-hybridized carbons (Fsp3) is 0.400. The van der Waals surface area contributed by atoms with Crippen LogP contribution >= 0.6 is 0 Å². The number of hydrogen-bond donors (Lipinski definition) is 3. The molecule has 5 rings (SSSR count). The molecule has 1 unspecified atom stereocenters. The normalized spacial score (nSPS) is 21.7. The van der Waals surface area contributed by atoms with Crippen LogP contribution in [0.1, 0.15) is 40.4 Å². The Morgan fingerprint density at radius 2 is 2.07 bits per heavy atom. The van der Waals surface area contributed by atoms with Crippen LogP contribution in [0.25, 0.3) is 0 Å². The van der Waals surface area contributed by atoms with Crippen LogP contribution in [0.5, 0.6) is 0 Å². The number of benzene rings is 1. The number of nitrogens with one attached hydrogen (secondary N) is 3. The Hall–Kier alpha value is -3.20. The fourth-order valence-electron chi connectivity index (χ4n) is 4.03. The van der Waals surface area contributed by atoms with Crippen LogP contribution < -0.4 is 16.0 Å². The highest BCUT2D eigenvalue weighted by atomic mass is 16.2. The van der Waals surface area contributed by atoms with Gasteiger partial charge in [0.25, 0.3) is 5.91 Å². The van der Waals surface area contributed by atoms with Gasteiger partial charge in [0.1, 0.15) is 6.04 Å². The number of piperidine rings is 1. The van der Waals surface area contributed by atoms with E-state index in [2.05, 4.69) is 21.0 Å². The van der Waals surface area contributed by atoms with E-state index in [9.17, 15) is 14.4 Å². The summed E-state index contributed by atoms with van der Waals surface area (Å²) < 4.78 is 1.97. The summed E-state index contributed by atoms with van der Waals surface area (Å²) in [6, 6.07) is 5.60. The first-order chi connectivity index (χ1) is 14.1. The first kappa shape index (κ1) is 17.9. The molecule has 9 nitrogen and oxygen atoms in total. The van der Waals surface area contributed by atoms with Gasteiger partial charge in [0.2, 0.25) is 11.8 Å². The molecule has 9 heteroatoms. The number of fused-ring (bicyclic) bond motifs is 1. The van der Waals surface area contributed by atoms with Crippen molar-refractivity contribution in [2.75, 3.05) is 18.4 Å². The second-order valence-electron chi connectivity index (χ2n) is 7.77. The van der Waals surface area contributed by atoms with Gasteiger partial charge in [-0.25, -0.2) is 0 Å². The lowest BCUT2D eigenvalue weighted by Gasteiger charge is -2.29. The van der Waals surface area contributed by atoms with Crippen molar-refractivity contribution in [1.29, 1.82) is 0 Å². The predicted octanol–water partition coefficient (Wildman–Crippen LogP) is 0.401. The highest BCUT2D eigenvalue weighted by Crippen LogP contribution is 2.28. The van der Waals surface area contributed by atoms with Crippen LogP contribution in [-0.4, -0.2) is 51.5 Å². The van der Waals surface area contributed by atoms with Crippen LogP contribution in [0.15, 0.2) is 30.6 Å². The van der Waals surface area contributed by atoms with Crippen molar-refractivity contribution in [3.8, 4) is 0 Å². The average Bonchev–Trinajstić information content (AvgIpc) is 3.23. The van der Waals surface area contributed by atoms with Crippen molar-refractivity contribution in [3.05, 3.63) is 47.3 Å². The molecule has 1 aromatic heterocycles. The quantitative estimate of drug-likeness (QED) is 0.634. The van der Waals surface area contributed by atoms with E-state index in [1.54, 1.807) is 4.90 Å². The Balaban J connectivity index is 1.25. The minimum Gasteiger partial charge on any atom is -0.378 e. The van der Waals surface area contributed by atoms with Gasteiger partial charge in [-0.05, 0) is 23.6 Å². The lowest BCUT2D eigenvalue weighted by molar-refractivity contribution is -0.136. The van der Waals surface area contributed by atoms with Crippen LogP contribution in [0.3, 0.4) is 0 Å². The first-order valence-electron chi connectivity index (χ1n) is 9.84. The average molecular weight is 394 g/mol. The van der Waals surface area contributed by atoms with Crippen molar-refractivity contribution >= 4 is 23.4 Å². The summed E-state index contributed by atoms with van der Waals surface area (Å²) in [5, 5.41) is 13.3. The Bertz CT molecular complexity index is 996. The number of carbonyl (C=O) groups excluding carboxylic acids is 3. The third-order valence-electron chi connectivity index (χ3n) is 5.82. The van der Waals surface area contributed by atoms with Gasteiger partial charge < -0.3 is 15.5 Å². The van der Waals surface area contributed by atoms with Crippen LogP contribution in [0.2, 0.25) is 0 Å². The molecule has 2 fully saturated rings. The van der Waals surface area contributed by atoms with Crippen molar-refractivity contribution in [3.63, 3.8) is 0 Å². The Morgan fingerprint density at radius 1 is 1.21 bits per heavy atom. The zero-order valence-corrected chi connectivity index (χ0v) is 15.9. The third-order valence-corrected chi connectivity index (χ3v) is 5.82. The summed E-state index contributed by atoms with van der Waals surface area (Å²) in [4.78, 5) is 37.8. The number of aromatic nitrogens is 2. The molecule has 1 atom stereocenters. The minimum absolute atomic E-state index is 0.149. The summed E-state index contributed by atoms with van der Waals surface area (Å²) >= 11 is 0. The van der Waals surface area contributed by atoms with E-state index in [1.807, 2.05) is 35.3 Å². The molecule has 0 radical (unpaired) electrons. The predicted molar refractivity (Wildman–Crippen MR) is 104 cm³/mol. The highest BCUT2D eigenvalue weighted by molar-refractivity contribution is 6.05. The summed E-state index contributed by atoms with van der Waals surface area (Å²) in [5.41, 5.74) is 3.55. The van der Waals surface area contributed by atoms with Gasteiger partial charge in [0.15, 0.2) is 0 Å². The molecule has 3 aliphatic rings. The number of anilines is 1. The number of carbonyl (C=O) groups is 3. The van der Waals surface area contributed by atoms with Gasteiger partial charge >= 0.3 is 0 Å². The standard InChI is InChI=1S/C20H22N6O3/c27-18-4-3-17(19(28)24-18)25-10-13-5-12(1-2-16(13)20(25)29)6-22-14-7-23-26(11-14)15-8-21-9-15/h1-2,5,7,11,15,17,21-22H,3-4,6,8-10H2,(H,24,27,28). The maximum absolute atomic E-state index is 12.7. The molecule has 0 spiro atoms. The molecule has 3 amide bonds. The number of amides is 3. The summed E-state index contributed by atoms with van der Waals surface area (Å²) in [7, 11) is 0. The van der Waals surface area contributed by atoms with Gasteiger partial charge in [0.05, 0.1) is 17.9 Å². The number of imide groups is 1. The Labute approximate surface area is 167 Å². The second-order valence-corrected chi connectivity index (χ2v) is 7.77. The summed E-state index contributed by atoms with van der Waals surface area (Å²) in [5.74, 6) is -0.812. The highest BCUT2D eigenvalue weighted by Gasteiger charge is 2.39. The molecule has 3 N–H and O–H groups in total. The maximum atomic E-state index is 12.7. The Kier molecular flexibility index (Phi) is 4.31.